The second-order valence-corrected chi connectivity index (χ2v) is 6.93. The number of urea groups is 1. The van der Waals surface area contributed by atoms with Gasteiger partial charge in [-0.2, -0.15) is 11.8 Å². The number of nitrogens with zero attached hydrogens (tertiary/aromatic N) is 1. The van der Waals surface area contributed by atoms with Gasteiger partial charge in [-0.25, -0.2) is 4.79 Å². The fourth-order valence-electron chi connectivity index (χ4n) is 2.43. The van der Waals surface area contributed by atoms with Crippen LogP contribution in [0.3, 0.4) is 0 Å². The Balaban J connectivity index is 1.84. The van der Waals surface area contributed by atoms with Crippen molar-refractivity contribution in [3.05, 3.63) is 29.8 Å². The summed E-state index contributed by atoms with van der Waals surface area (Å²) < 4.78 is 0. The van der Waals surface area contributed by atoms with Gasteiger partial charge in [0, 0.05) is 43.4 Å². The number of carbonyl (C=O) groups excluding carboxylic acids is 2. The Morgan fingerprint density at radius 3 is 2.67 bits per heavy atom. The molecule has 1 fully saturated rings. The molecule has 7 heteroatoms. The summed E-state index contributed by atoms with van der Waals surface area (Å²) in [6.07, 6.45) is 0.875. The van der Waals surface area contributed by atoms with Gasteiger partial charge in [-0.1, -0.05) is 25.1 Å². The third-order valence-corrected chi connectivity index (χ3v) is 4.69. The number of amides is 3. The summed E-state index contributed by atoms with van der Waals surface area (Å²) in [7, 11) is 0. The number of carbonyl (C=O) groups is 2. The van der Waals surface area contributed by atoms with Gasteiger partial charge in [-0.3, -0.25) is 9.69 Å². The maximum atomic E-state index is 12.0. The van der Waals surface area contributed by atoms with Crippen molar-refractivity contribution in [2.75, 3.05) is 43.0 Å². The van der Waals surface area contributed by atoms with Gasteiger partial charge in [0.15, 0.2) is 0 Å². The summed E-state index contributed by atoms with van der Waals surface area (Å²) in [5, 5.41) is 8.17. The van der Waals surface area contributed by atoms with Gasteiger partial charge >= 0.3 is 6.03 Å². The lowest BCUT2D eigenvalue weighted by Gasteiger charge is -2.27. The molecule has 2 rings (SSSR count). The van der Waals surface area contributed by atoms with Crippen molar-refractivity contribution in [2.24, 2.45) is 0 Å². The number of anilines is 1. The van der Waals surface area contributed by atoms with Crippen LogP contribution in [0.4, 0.5) is 10.5 Å². The molecule has 1 aliphatic rings. The van der Waals surface area contributed by atoms with Gasteiger partial charge < -0.3 is 16.0 Å². The molecule has 0 bridgehead atoms. The van der Waals surface area contributed by atoms with Crippen LogP contribution in [-0.2, 0) is 11.3 Å². The van der Waals surface area contributed by atoms with E-state index in [1.54, 1.807) is 0 Å². The van der Waals surface area contributed by atoms with E-state index in [9.17, 15) is 9.59 Å². The molecule has 24 heavy (non-hydrogen) atoms. The van der Waals surface area contributed by atoms with E-state index in [2.05, 4.69) is 20.9 Å². The number of hydrogen-bond acceptors (Lipinski definition) is 4. The van der Waals surface area contributed by atoms with Crippen molar-refractivity contribution in [3.63, 3.8) is 0 Å². The van der Waals surface area contributed by atoms with Crippen LogP contribution in [0.1, 0.15) is 18.9 Å². The van der Waals surface area contributed by atoms with Crippen molar-refractivity contribution in [3.8, 4) is 0 Å². The van der Waals surface area contributed by atoms with Crippen molar-refractivity contribution in [2.45, 2.75) is 19.9 Å². The summed E-state index contributed by atoms with van der Waals surface area (Å²) >= 11 is 1.98. The fraction of sp³-hybridized carbons (Fsp3) is 0.529. The van der Waals surface area contributed by atoms with E-state index in [0.29, 0.717) is 6.54 Å². The lowest BCUT2D eigenvalue weighted by Crippen LogP contribution is -2.39. The zero-order chi connectivity index (χ0) is 17.2. The maximum absolute atomic E-state index is 12.0. The largest absolute Gasteiger partial charge is 0.355 e. The Hall–Kier alpha value is -1.73. The highest BCUT2D eigenvalue weighted by molar-refractivity contribution is 7.99. The van der Waals surface area contributed by atoms with Gasteiger partial charge in [0.05, 0.1) is 6.54 Å². The van der Waals surface area contributed by atoms with E-state index in [1.807, 2.05) is 43.0 Å². The molecule has 1 aromatic carbocycles. The molecule has 0 spiro atoms. The van der Waals surface area contributed by atoms with E-state index in [0.717, 1.165) is 48.8 Å². The number of nitrogens with one attached hydrogen (secondary N) is 3. The van der Waals surface area contributed by atoms with Crippen LogP contribution in [0.25, 0.3) is 0 Å². The lowest BCUT2D eigenvalue weighted by molar-refractivity contribution is -0.120. The normalized spacial score (nSPS) is 14.9. The summed E-state index contributed by atoms with van der Waals surface area (Å²) in [6.45, 7) is 5.56. The molecule has 0 atom stereocenters. The minimum atomic E-state index is -0.358. The monoisotopic (exact) mass is 350 g/mol. The molecule has 1 saturated heterocycles. The number of para-hydroxylation sites is 1. The number of rotatable bonds is 7. The molecule has 0 saturated carbocycles. The Morgan fingerprint density at radius 1 is 1.17 bits per heavy atom. The minimum Gasteiger partial charge on any atom is -0.355 e. The molecular weight excluding hydrogens is 324 g/mol. The smallest absolute Gasteiger partial charge is 0.319 e. The van der Waals surface area contributed by atoms with Gasteiger partial charge in [0.25, 0.3) is 0 Å². The Bertz CT molecular complexity index is 547. The zero-order valence-corrected chi connectivity index (χ0v) is 15.0. The molecule has 3 N–H and O–H groups in total. The molecule has 1 aromatic rings. The first kappa shape index (κ1) is 18.6. The van der Waals surface area contributed by atoms with Crippen LogP contribution in [0.15, 0.2) is 24.3 Å². The Kier molecular flexibility index (Phi) is 7.91. The zero-order valence-electron chi connectivity index (χ0n) is 14.1. The van der Waals surface area contributed by atoms with Crippen LogP contribution in [0.2, 0.25) is 0 Å². The standard InChI is InChI=1S/C17H26N4O2S/c1-2-7-18-16(22)12-19-17(23)20-15-6-4-3-5-14(15)13-21-8-10-24-11-9-21/h3-6H,2,7-13H2,1H3,(H,18,22)(H2,19,20,23). The van der Waals surface area contributed by atoms with Crippen LogP contribution < -0.4 is 16.0 Å². The Labute approximate surface area is 147 Å². The fourth-order valence-corrected chi connectivity index (χ4v) is 3.41. The SMILES string of the molecule is CCCNC(=O)CNC(=O)Nc1ccccc1CN1CCSCC1. The highest BCUT2D eigenvalue weighted by Crippen LogP contribution is 2.19. The molecule has 0 unspecified atom stereocenters. The van der Waals surface area contributed by atoms with E-state index in [1.165, 1.54) is 0 Å². The first-order valence-corrected chi connectivity index (χ1v) is 9.54. The average molecular weight is 350 g/mol. The Morgan fingerprint density at radius 2 is 1.92 bits per heavy atom. The second kappa shape index (κ2) is 10.2. The molecule has 6 nitrogen and oxygen atoms in total. The molecule has 0 radical (unpaired) electrons. The highest BCUT2D eigenvalue weighted by atomic mass is 32.2. The molecule has 0 aliphatic carbocycles. The lowest BCUT2D eigenvalue weighted by atomic mass is 10.1. The van der Waals surface area contributed by atoms with Crippen LogP contribution in [-0.4, -0.2) is 54.5 Å². The first-order chi connectivity index (χ1) is 11.7. The maximum Gasteiger partial charge on any atom is 0.319 e. The molecule has 1 heterocycles. The van der Waals surface area contributed by atoms with Gasteiger partial charge in [0.2, 0.25) is 5.91 Å². The van der Waals surface area contributed by atoms with Crippen LogP contribution >= 0.6 is 11.8 Å². The van der Waals surface area contributed by atoms with Crippen LogP contribution in [0.5, 0.6) is 0 Å². The van der Waals surface area contributed by atoms with E-state index < -0.39 is 0 Å². The van der Waals surface area contributed by atoms with Crippen molar-refractivity contribution >= 4 is 29.4 Å². The quantitative estimate of drug-likeness (QED) is 0.702. The van der Waals surface area contributed by atoms with E-state index >= 15 is 0 Å². The minimum absolute atomic E-state index is 0.0165. The number of thioether (sulfide) groups is 1. The highest BCUT2D eigenvalue weighted by Gasteiger charge is 2.14. The van der Waals surface area contributed by atoms with Crippen LogP contribution in [0, 0.1) is 0 Å². The summed E-state index contributed by atoms with van der Waals surface area (Å²) in [5.74, 6) is 2.14. The van der Waals surface area contributed by atoms with E-state index in [-0.39, 0.29) is 18.5 Å². The third-order valence-electron chi connectivity index (χ3n) is 3.74. The van der Waals surface area contributed by atoms with E-state index in [4.69, 9.17) is 0 Å². The molecule has 132 valence electrons. The topological polar surface area (TPSA) is 73.5 Å². The van der Waals surface area contributed by atoms with Gasteiger partial charge in [0.1, 0.15) is 0 Å². The number of hydrogen-bond donors (Lipinski definition) is 3. The average Bonchev–Trinajstić information content (AvgIpc) is 2.61. The number of benzene rings is 1. The van der Waals surface area contributed by atoms with Crippen molar-refractivity contribution in [1.82, 2.24) is 15.5 Å². The summed E-state index contributed by atoms with van der Waals surface area (Å²) in [4.78, 5) is 25.9. The molecule has 1 aliphatic heterocycles. The second-order valence-electron chi connectivity index (χ2n) is 5.70. The summed E-state index contributed by atoms with van der Waals surface area (Å²) in [6, 6.07) is 7.45. The van der Waals surface area contributed by atoms with Crippen molar-refractivity contribution < 1.29 is 9.59 Å². The molecular formula is C17H26N4O2S. The summed E-state index contributed by atoms with van der Waals surface area (Å²) in [5.41, 5.74) is 1.89. The predicted molar refractivity (Wildman–Crippen MR) is 99.4 cm³/mol. The predicted octanol–water partition coefficient (Wildman–Crippen LogP) is 1.88. The molecule has 3 amide bonds. The third kappa shape index (κ3) is 6.41. The van der Waals surface area contributed by atoms with Gasteiger partial charge in [-0.05, 0) is 18.1 Å². The van der Waals surface area contributed by atoms with Gasteiger partial charge in [-0.15, -0.1) is 0 Å². The molecule has 0 aromatic heterocycles. The van der Waals surface area contributed by atoms with Crippen molar-refractivity contribution in [1.29, 1.82) is 0 Å². The first-order valence-electron chi connectivity index (χ1n) is 8.38.